The monoisotopic (exact) mass is 236 g/mol. The topological polar surface area (TPSA) is 52.9 Å². The predicted molar refractivity (Wildman–Crippen MR) is 62.9 cm³/mol. The zero-order chi connectivity index (χ0) is 12.0. The van der Waals surface area contributed by atoms with Gasteiger partial charge < -0.3 is 5.32 Å². The molecule has 0 radical (unpaired) electrons. The Morgan fingerprint density at radius 2 is 2.38 bits per heavy atom. The minimum Gasteiger partial charge on any atom is -0.337 e. The standard InChI is InChI=1S/C12H13ClN2O/c1-2-4-12(16)15-11(8-14)9-5-3-6-10(13)7-9/h3,5-7,11H,2,4H2,1H3,(H,15,16). The van der Waals surface area contributed by atoms with Gasteiger partial charge in [-0.05, 0) is 24.1 Å². The van der Waals surface area contributed by atoms with Crippen molar-refractivity contribution in [2.45, 2.75) is 25.8 Å². The Morgan fingerprint density at radius 1 is 1.62 bits per heavy atom. The Labute approximate surface area is 100 Å². The quantitative estimate of drug-likeness (QED) is 0.874. The zero-order valence-electron chi connectivity index (χ0n) is 9.03. The molecule has 84 valence electrons. The fraction of sp³-hybridized carbons (Fsp3) is 0.333. The van der Waals surface area contributed by atoms with Crippen molar-refractivity contribution in [2.24, 2.45) is 0 Å². The van der Waals surface area contributed by atoms with Crippen LogP contribution >= 0.6 is 11.6 Å². The van der Waals surface area contributed by atoms with Crippen molar-refractivity contribution in [3.8, 4) is 6.07 Å². The number of nitrogens with zero attached hydrogens (tertiary/aromatic N) is 1. The lowest BCUT2D eigenvalue weighted by Crippen LogP contribution is -2.27. The SMILES string of the molecule is CCCC(=O)NC(C#N)c1cccc(Cl)c1. The van der Waals surface area contributed by atoms with Crippen LogP contribution in [0.1, 0.15) is 31.4 Å². The fourth-order valence-electron chi connectivity index (χ4n) is 1.34. The molecule has 1 unspecified atom stereocenters. The predicted octanol–water partition coefficient (Wildman–Crippen LogP) is 2.82. The molecule has 1 atom stereocenters. The molecule has 1 rings (SSSR count). The van der Waals surface area contributed by atoms with Gasteiger partial charge in [0.05, 0.1) is 6.07 Å². The Bertz CT molecular complexity index is 412. The molecule has 4 heteroatoms. The molecule has 3 nitrogen and oxygen atoms in total. The third-order valence-electron chi connectivity index (χ3n) is 2.09. The molecule has 1 aromatic rings. The van der Waals surface area contributed by atoms with E-state index in [1.807, 2.05) is 13.0 Å². The molecule has 16 heavy (non-hydrogen) atoms. The number of hydrogen-bond acceptors (Lipinski definition) is 2. The highest BCUT2D eigenvalue weighted by molar-refractivity contribution is 6.30. The van der Waals surface area contributed by atoms with Crippen LogP contribution in [0.5, 0.6) is 0 Å². The van der Waals surface area contributed by atoms with Crippen molar-refractivity contribution in [1.82, 2.24) is 5.32 Å². The number of halogens is 1. The maximum Gasteiger partial charge on any atom is 0.221 e. The Balaban J connectivity index is 2.76. The first-order valence-corrected chi connectivity index (χ1v) is 5.49. The van der Waals surface area contributed by atoms with Crippen LogP contribution in [0.4, 0.5) is 0 Å². The average Bonchev–Trinajstić information content (AvgIpc) is 2.26. The van der Waals surface area contributed by atoms with Crippen molar-refractivity contribution in [2.75, 3.05) is 0 Å². The van der Waals surface area contributed by atoms with Crippen molar-refractivity contribution in [1.29, 1.82) is 5.26 Å². The fourth-order valence-corrected chi connectivity index (χ4v) is 1.54. The van der Waals surface area contributed by atoms with Gasteiger partial charge in [0, 0.05) is 11.4 Å². The van der Waals surface area contributed by atoms with Crippen molar-refractivity contribution < 1.29 is 4.79 Å². The van der Waals surface area contributed by atoms with Gasteiger partial charge >= 0.3 is 0 Å². The van der Waals surface area contributed by atoms with Gasteiger partial charge in [0.15, 0.2) is 0 Å². The van der Waals surface area contributed by atoms with Crippen molar-refractivity contribution in [3.63, 3.8) is 0 Å². The number of nitrogens with one attached hydrogen (secondary N) is 1. The summed E-state index contributed by atoms with van der Waals surface area (Å²) in [6, 6.07) is 8.36. The highest BCUT2D eigenvalue weighted by atomic mass is 35.5. The minimum atomic E-state index is -0.627. The maximum absolute atomic E-state index is 11.4. The average molecular weight is 237 g/mol. The van der Waals surface area contributed by atoms with Crippen LogP contribution < -0.4 is 5.32 Å². The van der Waals surface area contributed by atoms with Gasteiger partial charge in [0.25, 0.3) is 0 Å². The van der Waals surface area contributed by atoms with E-state index in [9.17, 15) is 4.79 Å². The molecule has 1 amide bonds. The van der Waals surface area contributed by atoms with Crippen LogP contribution in [0.3, 0.4) is 0 Å². The van der Waals surface area contributed by atoms with Gasteiger partial charge in [-0.2, -0.15) is 5.26 Å². The molecule has 0 bridgehead atoms. The van der Waals surface area contributed by atoms with E-state index in [4.69, 9.17) is 16.9 Å². The highest BCUT2D eigenvalue weighted by Gasteiger charge is 2.13. The van der Waals surface area contributed by atoms with Gasteiger partial charge in [-0.25, -0.2) is 0 Å². The number of amides is 1. The first-order valence-electron chi connectivity index (χ1n) is 5.11. The molecule has 0 aliphatic carbocycles. The minimum absolute atomic E-state index is 0.117. The van der Waals surface area contributed by atoms with Gasteiger partial charge in [-0.1, -0.05) is 30.7 Å². The molecule has 0 aliphatic heterocycles. The smallest absolute Gasteiger partial charge is 0.221 e. The maximum atomic E-state index is 11.4. The molecule has 1 N–H and O–H groups in total. The number of carbonyl (C=O) groups is 1. The normalized spacial score (nSPS) is 11.6. The summed E-state index contributed by atoms with van der Waals surface area (Å²) in [7, 11) is 0. The van der Waals surface area contributed by atoms with Gasteiger partial charge in [-0.15, -0.1) is 0 Å². The summed E-state index contributed by atoms with van der Waals surface area (Å²) < 4.78 is 0. The van der Waals surface area contributed by atoms with Crippen molar-refractivity contribution >= 4 is 17.5 Å². The highest BCUT2D eigenvalue weighted by Crippen LogP contribution is 2.17. The second kappa shape index (κ2) is 6.14. The van der Waals surface area contributed by atoms with E-state index in [-0.39, 0.29) is 5.91 Å². The summed E-state index contributed by atoms with van der Waals surface area (Å²) in [6.07, 6.45) is 1.19. The lowest BCUT2D eigenvalue weighted by Gasteiger charge is -2.11. The summed E-state index contributed by atoms with van der Waals surface area (Å²) in [4.78, 5) is 11.4. The van der Waals surface area contributed by atoms with Crippen LogP contribution in [-0.4, -0.2) is 5.91 Å². The molecule has 0 saturated heterocycles. The van der Waals surface area contributed by atoms with E-state index in [2.05, 4.69) is 5.32 Å². The van der Waals surface area contributed by atoms with E-state index in [1.165, 1.54) is 0 Å². The zero-order valence-corrected chi connectivity index (χ0v) is 9.79. The molecule has 0 spiro atoms. The number of nitriles is 1. The molecular weight excluding hydrogens is 224 g/mol. The number of carbonyl (C=O) groups excluding carboxylic acids is 1. The van der Waals surface area contributed by atoms with E-state index in [0.717, 1.165) is 6.42 Å². The van der Waals surface area contributed by atoms with E-state index in [1.54, 1.807) is 24.3 Å². The molecular formula is C12H13ClN2O. The van der Waals surface area contributed by atoms with Gasteiger partial charge in [-0.3, -0.25) is 4.79 Å². The third-order valence-corrected chi connectivity index (χ3v) is 2.33. The van der Waals surface area contributed by atoms with Crippen LogP contribution in [0.15, 0.2) is 24.3 Å². The molecule has 0 saturated carbocycles. The largest absolute Gasteiger partial charge is 0.337 e. The van der Waals surface area contributed by atoms with Crippen LogP contribution in [0.2, 0.25) is 5.02 Å². The van der Waals surface area contributed by atoms with E-state index < -0.39 is 6.04 Å². The van der Waals surface area contributed by atoms with E-state index in [0.29, 0.717) is 17.0 Å². The second-order valence-electron chi connectivity index (χ2n) is 3.43. The lowest BCUT2D eigenvalue weighted by atomic mass is 10.1. The van der Waals surface area contributed by atoms with Crippen LogP contribution in [0.25, 0.3) is 0 Å². The number of hydrogen-bond donors (Lipinski definition) is 1. The second-order valence-corrected chi connectivity index (χ2v) is 3.87. The molecule has 0 aromatic heterocycles. The Hall–Kier alpha value is -1.53. The van der Waals surface area contributed by atoms with Gasteiger partial charge in [0.1, 0.15) is 6.04 Å². The molecule has 0 aliphatic rings. The summed E-state index contributed by atoms with van der Waals surface area (Å²) in [5.74, 6) is -0.117. The molecule has 1 aromatic carbocycles. The first kappa shape index (κ1) is 12.5. The Morgan fingerprint density at radius 3 is 2.94 bits per heavy atom. The number of benzene rings is 1. The van der Waals surface area contributed by atoms with Gasteiger partial charge in [0.2, 0.25) is 5.91 Å². The molecule has 0 fully saturated rings. The molecule has 0 heterocycles. The summed E-state index contributed by atoms with van der Waals surface area (Å²) in [6.45, 7) is 1.92. The van der Waals surface area contributed by atoms with Crippen molar-refractivity contribution in [3.05, 3.63) is 34.9 Å². The summed E-state index contributed by atoms with van der Waals surface area (Å²) in [5.41, 5.74) is 0.708. The summed E-state index contributed by atoms with van der Waals surface area (Å²) in [5, 5.41) is 12.2. The lowest BCUT2D eigenvalue weighted by molar-refractivity contribution is -0.121. The van der Waals surface area contributed by atoms with E-state index >= 15 is 0 Å². The first-order chi connectivity index (χ1) is 7.67. The third kappa shape index (κ3) is 3.56. The van der Waals surface area contributed by atoms with Crippen LogP contribution in [-0.2, 0) is 4.79 Å². The number of rotatable bonds is 4. The summed E-state index contributed by atoms with van der Waals surface area (Å²) >= 11 is 5.82. The Kier molecular flexibility index (Phi) is 4.81. The van der Waals surface area contributed by atoms with Crippen LogP contribution in [0, 0.1) is 11.3 Å².